The lowest BCUT2D eigenvalue weighted by molar-refractivity contribution is -0.696. The van der Waals surface area contributed by atoms with Crippen molar-refractivity contribution in [3.8, 4) is 5.75 Å². The van der Waals surface area contributed by atoms with Crippen LogP contribution in [0.25, 0.3) is 5.52 Å². The van der Waals surface area contributed by atoms with Gasteiger partial charge in [-0.2, -0.15) is 0 Å². The van der Waals surface area contributed by atoms with Gasteiger partial charge in [0, 0.05) is 0 Å². The van der Waals surface area contributed by atoms with Crippen LogP contribution in [-0.4, -0.2) is 11.0 Å². The Morgan fingerprint density at radius 1 is 1.16 bits per heavy atom. The second kappa shape index (κ2) is 5.14. The van der Waals surface area contributed by atoms with E-state index in [0.717, 1.165) is 12.3 Å². The second-order valence-corrected chi connectivity index (χ2v) is 4.68. The van der Waals surface area contributed by atoms with Crippen LogP contribution in [0.5, 0.6) is 5.75 Å². The highest BCUT2D eigenvalue weighted by molar-refractivity contribution is 5.41. The Morgan fingerprint density at radius 2 is 2.11 bits per heavy atom. The van der Waals surface area contributed by atoms with Gasteiger partial charge in [0.15, 0.2) is 5.52 Å². The van der Waals surface area contributed by atoms with Crippen molar-refractivity contribution in [3.63, 3.8) is 0 Å². The third-order valence-electron chi connectivity index (χ3n) is 3.10. The van der Waals surface area contributed by atoms with Crippen molar-refractivity contribution in [2.45, 2.75) is 13.5 Å². The molecule has 0 aliphatic rings. The molecule has 19 heavy (non-hydrogen) atoms. The molecular formula is C16H17N2O+. The standard InChI is InChI=1S/C16H17N2O/c1-14-5-4-7-16(11-14)19-10-9-17-12-15-6-2-3-8-18(15)13-17/h2-8,11-13H,9-10H2,1H3/q+1. The molecule has 0 bridgehead atoms. The van der Waals surface area contributed by atoms with Crippen molar-refractivity contribution in [1.29, 1.82) is 0 Å². The summed E-state index contributed by atoms with van der Waals surface area (Å²) in [5, 5.41) is 0. The highest BCUT2D eigenvalue weighted by Gasteiger charge is 2.05. The summed E-state index contributed by atoms with van der Waals surface area (Å²) in [6.07, 6.45) is 6.25. The van der Waals surface area contributed by atoms with Gasteiger partial charge in [-0.25, -0.2) is 8.97 Å². The van der Waals surface area contributed by atoms with Gasteiger partial charge in [0.1, 0.15) is 25.1 Å². The van der Waals surface area contributed by atoms with E-state index in [1.165, 1.54) is 11.1 Å². The fraction of sp³-hybridized carbons (Fsp3) is 0.188. The normalized spacial score (nSPS) is 10.8. The Labute approximate surface area is 112 Å². The predicted molar refractivity (Wildman–Crippen MR) is 74.3 cm³/mol. The van der Waals surface area contributed by atoms with Gasteiger partial charge in [-0.1, -0.05) is 18.2 Å². The average Bonchev–Trinajstić information content (AvgIpc) is 2.81. The quantitative estimate of drug-likeness (QED) is 0.653. The first kappa shape index (κ1) is 11.8. The number of benzene rings is 1. The van der Waals surface area contributed by atoms with Crippen LogP contribution in [-0.2, 0) is 6.54 Å². The summed E-state index contributed by atoms with van der Waals surface area (Å²) in [7, 11) is 0. The first-order valence-corrected chi connectivity index (χ1v) is 6.46. The Hall–Kier alpha value is -2.29. The molecular weight excluding hydrogens is 236 g/mol. The lowest BCUT2D eigenvalue weighted by Crippen LogP contribution is -2.34. The molecule has 0 saturated carbocycles. The molecule has 3 heteroatoms. The van der Waals surface area contributed by atoms with Gasteiger partial charge in [-0.05, 0) is 36.8 Å². The van der Waals surface area contributed by atoms with Crippen LogP contribution in [0.1, 0.15) is 5.56 Å². The summed E-state index contributed by atoms with van der Waals surface area (Å²) in [5.41, 5.74) is 2.41. The molecule has 0 aliphatic heterocycles. The summed E-state index contributed by atoms with van der Waals surface area (Å²) in [6, 6.07) is 14.3. The number of aromatic nitrogens is 2. The van der Waals surface area contributed by atoms with E-state index in [9.17, 15) is 0 Å². The van der Waals surface area contributed by atoms with Gasteiger partial charge < -0.3 is 4.74 Å². The van der Waals surface area contributed by atoms with Crippen molar-refractivity contribution in [3.05, 3.63) is 66.7 Å². The Kier molecular flexibility index (Phi) is 3.19. The summed E-state index contributed by atoms with van der Waals surface area (Å²) in [5.74, 6) is 0.935. The SMILES string of the molecule is Cc1cccc(OCC[n+]2cc3ccccn3c2)c1. The summed E-state index contributed by atoms with van der Waals surface area (Å²) in [6.45, 7) is 3.59. The molecule has 0 aliphatic carbocycles. The van der Waals surface area contributed by atoms with Gasteiger partial charge in [-0.15, -0.1) is 0 Å². The Bertz CT molecular complexity index is 655. The number of pyridine rings is 1. The minimum atomic E-state index is 0.672. The molecule has 2 aromatic heterocycles. The molecule has 0 saturated heterocycles. The van der Waals surface area contributed by atoms with E-state index in [1.54, 1.807) is 0 Å². The van der Waals surface area contributed by atoms with Crippen molar-refractivity contribution in [2.75, 3.05) is 6.61 Å². The fourth-order valence-corrected chi connectivity index (χ4v) is 2.14. The molecule has 0 N–H and O–H groups in total. The van der Waals surface area contributed by atoms with Crippen LogP contribution in [0, 0.1) is 6.92 Å². The molecule has 1 aromatic carbocycles. The van der Waals surface area contributed by atoms with Crippen LogP contribution in [0.2, 0.25) is 0 Å². The molecule has 3 aromatic rings. The van der Waals surface area contributed by atoms with Gasteiger partial charge >= 0.3 is 0 Å². The average molecular weight is 253 g/mol. The molecule has 2 heterocycles. The molecule has 0 spiro atoms. The lowest BCUT2D eigenvalue weighted by Gasteiger charge is -2.04. The number of rotatable bonds is 4. The van der Waals surface area contributed by atoms with Crippen LogP contribution in [0.15, 0.2) is 61.2 Å². The van der Waals surface area contributed by atoms with E-state index in [-0.39, 0.29) is 0 Å². The number of nitrogens with zero attached hydrogens (tertiary/aromatic N) is 2. The van der Waals surface area contributed by atoms with E-state index in [2.05, 4.69) is 46.6 Å². The topological polar surface area (TPSA) is 17.5 Å². The molecule has 3 rings (SSSR count). The van der Waals surface area contributed by atoms with Crippen molar-refractivity contribution >= 4 is 5.52 Å². The smallest absolute Gasteiger partial charge is 0.249 e. The zero-order chi connectivity index (χ0) is 13.1. The maximum atomic E-state index is 5.76. The largest absolute Gasteiger partial charge is 0.489 e. The maximum absolute atomic E-state index is 5.76. The predicted octanol–water partition coefficient (Wildman–Crippen LogP) is 2.61. The van der Waals surface area contributed by atoms with Gasteiger partial charge in [-0.3, -0.25) is 0 Å². The zero-order valence-electron chi connectivity index (χ0n) is 11.0. The first-order valence-electron chi connectivity index (χ1n) is 6.46. The number of fused-ring (bicyclic) bond motifs is 1. The summed E-state index contributed by atoms with van der Waals surface area (Å²) < 4.78 is 10.0. The lowest BCUT2D eigenvalue weighted by atomic mass is 10.2. The van der Waals surface area contributed by atoms with Crippen molar-refractivity contribution in [1.82, 2.24) is 4.40 Å². The van der Waals surface area contributed by atoms with Gasteiger partial charge in [0.25, 0.3) is 0 Å². The highest BCUT2D eigenvalue weighted by atomic mass is 16.5. The molecule has 0 amide bonds. The van der Waals surface area contributed by atoms with E-state index >= 15 is 0 Å². The van der Waals surface area contributed by atoms with Crippen LogP contribution in [0.3, 0.4) is 0 Å². The van der Waals surface area contributed by atoms with E-state index in [1.807, 2.05) is 30.5 Å². The third kappa shape index (κ3) is 2.76. The number of imidazole rings is 1. The Morgan fingerprint density at radius 3 is 2.95 bits per heavy atom. The highest BCUT2D eigenvalue weighted by Crippen LogP contribution is 2.11. The Balaban J connectivity index is 1.63. The second-order valence-electron chi connectivity index (χ2n) is 4.68. The van der Waals surface area contributed by atoms with Gasteiger partial charge in [0.05, 0.1) is 6.20 Å². The number of ether oxygens (including phenoxy) is 1. The first-order chi connectivity index (χ1) is 9.31. The number of hydrogen-bond acceptors (Lipinski definition) is 1. The minimum Gasteiger partial charge on any atom is -0.489 e. The molecule has 0 radical (unpaired) electrons. The van der Waals surface area contributed by atoms with E-state index < -0.39 is 0 Å². The van der Waals surface area contributed by atoms with E-state index in [4.69, 9.17) is 4.74 Å². The zero-order valence-corrected chi connectivity index (χ0v) is 11.0. The summed E-state index contributed by atoms with van der Waals surface area (Å²) in [4.78, 5) is 0. The summed E-state index contributed by atoms with van der Waals surface area (Å²) >= 11 is 0. The maximum Gasteiger partial charge on any atom is 0.249 e. The monoisotopic (exact) mass is 253 g/mol. The van der Waals surface area contributed by atoms with Crippen molar-refractivity contribution < 1.29 is 9.30 Å². The van der Waals surface area contributed by atoms with Crippen LogP contribution < -0.4 is 9.30 Å². The number of hydrogen-bond donors (Lipinski definition) is 0. The van der Waals surface area contributed by atoms with E-state index in [0.29, 0.717) is 6.61 Å². The molecule has 3 nitrogen and oxygen atoms in total. The fourth-order valence-electron chi connectivity index (χ4n) is 2.14. The van der Waals surface area contributed by atoms with Crippen molar-refractivity contribution in [2.24, 2.45) is 0 Å². The number of aryl methyl sites for hydroxylation is 1. The van der Waals surface area contributed by atoms with Crippen LogP contribution in [0.4, 0.5) is 0 Å². The molecule has 0 fully saturated rings. The molecule has 0 unspecified atom stereocenters. The third-order valence-corrected chi connectivity index (χ3v) is 3.10. The molecule has 0 atom stereocenters. The molecule has 96 valence electrons. The minimum absolute atomic E-state index is 0.672. The van der Waals surface area contributed by atoms with Gasteiger partial charge in [0.2, 0.25) is 6.33 Å². The van der Waals surface area contributed by atoms with Crippen LogP contribution >= 0.6 is 0 Å².